The standard InChI is InChI=1S/C13H26O3/c1-4-6-7-8-9-10-11(3)12(14)13(15)16-5-2/h11-12,14H,4-10H2,1-3H3. The van der Waals surface area contributed by atoms with Crippen molar-refractivity contribution in [2.24, 2.45) is 5.92 Å². The van der Waals surface area contributed by atoms with E-state index in [9.17, 15) is 9.90 Å². The predicted octanol–water partition coefficient (Wildman–Crippen LogP) is 2.91. The first-order valence-corrected chi connectivity index (χ1v) is 6.48. The first-order valence-electron chi connectivity index (χ1n) is 6.48. The molecule has 0 aromatic carbocycles. The van der Waals surface area contributed by atoms with Crippen LogP contribution in [0.25, 0.3) is 0 Å². The molecule has 0 rings (SSSR count). The summed E-state index contributed by atoms with van der Waals surface area (Å²) in [6.07, 6.45) is 5.97. The monoisotopic (exact) mass is 230 g/mol. The molecular formula is C13H26O3. The van der Waals surface area contributed by atoms with Gasteiger partial charge >= 0.3 is 5.97 Å². The number of hydrogen-bond donors (Lipinski definition) is 1. The minimum Gasteiger partial charge on any atom is -0.464 e. The second-order valence-electron chi connectivity index (χ2n) is 4.38. The molecule has 2 unspecified atom stereocenters. The van der Waals surface area contributed by atoms with Gasteiger partial charge in [0.15, 0.2) is 6.10 Å². The lowest BCUT2D eigenvalue weighted by molar-refractivity contribution is -0.155. The Kier molecular flexibility index (Phi) is 9.30. The molecule has 96 valence electrons. The van der Waals surface area contributed by atoms with Gasteiger partial charge in [0.05, 0.1) is 6.61 Å². The molecule has 16 heavy (non-hydrogen) atoms. The van der Waals surface area contributed by atoms with Crippen LogP contribution in [0.15, 0.2) is 0 Å². The molecule has 0 heterocycles. The maximum absolute atomic E-state index is 11.2. The zero-order chi connectivity index (χ0) is 12.4. The number of rotatable bonds is 9. The Hall–Kier alpha value is -0.570. The highest BCUT2D eigenvalue weighted by molar-refractivity contribution is 5.74. The van der Waals surface area contributed by atoms with Crippen LogP contribution in [0, 0.1) is 5.92 Å². The van der Waals surface area contributed by atoms with Gasteiger partial charge in [-0.25, -0.2) is 4.79 Å². The highest BCUT2D eigenvalue weighted by Crippen LogP contribution is 2.15. The van der Waals surface area contributed by atoms with Crippen LogP contribution in [-0.2, 0) is 9.53 Å². The van der Waals surface area contributed by atoms with E-state index in [1.807, 2.05) is 6.92 Å². The lowest BCUT2D eigenvalue weighted by Gasteiger charge is -2.16. The van der Waals surface area contributed by atoms with Crippen LogP contribution in [0.4, 0.5) is 0 Å². The zero-order valence-corrected chi connectivity index (χ0v) is 10.9. The summed E-state index contributed by atoms with van der Waals surface area (Å²) in [5.74, 6) is -0.482. The van der Waals surface area contributed by atoms with E-state index in [4.69, 9.17) is 4.74 Å². The molecule has 0 saturated carbocycles. The predicted molar refractivity (Wildman–Crippen MR) is 65.2 cm³/mol. The number of ether oxygens (including phenoxy) is 1. The van der Waals surface area contributed by atoms with Crippen molar-refractivity contribution >= 4 is 5.97 Å². The molecule has 0 aromatic rings. The van der Waals surface area contributed by atoms with Gasteiger partial charge < -0.3 is 9.84 Å². The molecule has 1 N–H and O–H groups in total. The van der Waals surface area contributed by atoms with Crippen molar-refractivity contribution in [1.29, 1.82) is 0 Å². The van der Waals surface area contributed by atoms with Gasteiger partial charge in [-0.05, 0) is 19.3 Å². The molecule has 0 aliphatic heterocycles. The van der Waals surface area contributed by atoms with E-state index in [2.05, 4.69) is 6.92 Å². The average Bonchev–Trinajstić information content (AvgIpc) is 2.27. The first-order chi connectivity index (χ1) is 7.63. The largest absolute Gasteiger partial charge is 0.464 e. The van der Waals surface area contributed by atoms with Crippen molar-refractivity contribution < 1.29 is 14.6 Å². The van der Waals surface area contributed by atoms with E-state index >= 15 is 0 Å². The van der Waals surface area contributed by atoms with Gasteiger partial charge in [0, 0.05) is 0 Å². The summed E-state index contributed by atoms with van der Waals surface area (Å²) in [4.78, 5) is 11.2. The Morgan fingerprint density at radius 1 is 1.19 bits per heavy atom. The molecule has 0 radical (unpaired) electrons. The number of carbonyl (C=O) groups excluding carboxylic acids is 1. The summed E-state index contributed by atoms with van der Waals surface area (Å²) in [6.45, 7) is 6.17. The van der Waals surface area contributed by atoms with Crippen LogP contribution in [-0.4, -0.2) is 23.8 Å². The lowest BCUT2D eigenvalue weighted by Crippen LogP contribution is -2.29. The fourth-order valence-electron chi connectivity index (χ4n) is 1.69. The summed E-state index contributed by atoms with van der Waals surface area (Å²) in [6, 6.07) is 0. The average molecular weight is 230 g/mol. The third kappa shape index (κ3) is 6.83. The van der Waals surface area contributed by atoms with Crippen molar-refractivity contribution in [2.45, 2.75) is 65.4 Å². The summed E-state index contributed by atoms with van der Waals surface area (Å²) >= 11 is 0. The van der Waals surface area contributed by atoms with Crippen LogP contribution < -0.4 is 0 Å². The molecular weight excluding hydrogens is 204 g/mol. The fraction of sp³-hybridized carbons (Fsp3) is 0.923. The second kappa shape index (κ2) is 9.64. The summed E-state index contributed by atoms with van der Waals surface area (Å²) in [7, 11) is 0. The Labute approximate surface area is 99.2 Å². The highest BCUT2D eigenvalue weighted by atomic mass is 16.5. The van der Waals surface area contributed by atoms with Crippen LogP contribution in [0.1, 0.15) is 59.3 Å². The first kappa shape index (κ1) is 15.4. The Morgan fingerprint density at radius 2 is 1.81 bits per heavy atom. The van der Waals surface area contributed by atoms with Crippen LogP contribution in [0.5, 0.6) is 0 Å². The number of carbonyl (C=O) groups is 1. The topological polar surface area (TPSA) is 46.5 Å². The molecule has 0 aliphatic carbocycles. The van der Waals surface area contributed by atoms with Gasteiger partial charge in [0.25, 0.3) is 0 Å². The molecule has 0 spiro atoms. The van der Waals surface area contributed by atoms with Gasteiger partial charge in [-0.3, -0.25) is 0 Å². The van der Waals surface area contributed by atoms with Crippen molar-refractivity contribution in [1.82, 2.24) is 0 Å². The van der Waals surface area contributed by atoms with Crippen LogP contribution in [0.2, 0.25) is 0 Å². The summed E-state index contributed by atoms with van der Waals surface area (Å²) in [5, 5.41) is 9.65. The SMILES string of the molecule is CCCCCCCC(C)C(O)C(=O)OCC. The van der Waals surface area contributed by atoms with Crippen molar-refractivity contribution in [3.63, 3.8) is 0 Å². The fourth-order valence-corrected chi connectivity index (χ4v) is 1.69. The number of aliphatic hydroxyl groups is 1. The molecule has 3 nitrogen and oxygen atoms in total. The van der Waals surface area contributed by atoms with E-state index < -0.39 is 12.1 Å². The Morgan fingerprint density at radius 3 is 2.38 bits per heavy atom. The minimum absolute atomic E-state index is 0.000626. The third-order valence-electron chi connectivity index (χ3n) is 2.83. The summed E-state index contributed by atoms with van der Waals surface area (Å²) < 4.78 is 4.78. The van der Waals surface area contributed by atoms with Crippen molar-refractivity contribution in [3.05, 3.63) is 0 Å². The third-order valence-corrected chi connectivity index (χ3v) is 2.83. The molecule has 0 aliphatic rings. The van der Waals surface area contributed by atoms with Gasteiger partial charge in [0.2, 0.25) is 0 Å². The summed E-state index contributed by atoms with van der Waals surface area (Å²) in [5.41, 5.74) is 0. The zero-order valence-electron chi connectivity index (χ0n) is 10.9. The van der Waals surface area contributed by atoms with E-state index in [1.165, 1.54) is 25.7 Å². The van der Waals surface area contributed by atoms with E-state index in [1.54, 1.807) is 6.92 Å². The molecule has 3 heteroatoms. The second-order valence-corrected chi connectivity index (χ2v) is 4.38. The molecule has 0 fully saturated rings. The Balaban J connectivity index is 3.62. The Bertz CT molecular complexity index is 180. The maximum atomic E-state index is 11.2. The molecule has 0 bridgehead atoms. The normalized spacial score (nSPS) is 14.5. The van der Waals surface area contributed by atoms with Gasteiger partial charge in [-0.2, -0.15) is 0 Å². The number of unbranched alkanes of at least 4 members (excludes halogenated alkanes) is 4. The minimum atomic E-state index is -0.953. The maximum Gasteiger partial charge on any atom is 0.335 e. The quantitative estimate of drug-likeness (QED) is 0.489. The van der Waals surface area contributed by atoms with Crippen LogP contribution in [0.3, 0.4) is 0 Å². The van der Waals surface area contributed by atoms with Crippen molar-refractivity contribution in [3.8, 4) is 0 Å². The van der Waals surface area contributed by atoms with Gasteiger partial charge in [-0.15, -0.1) is 0 Å². The van der Waals surface area contributed by atoms with E-state index in [0.717, 1.165) is 12.8 Å². The number of esters is 1. The number of hydrogen-bond acceptors (Lipinski definition) is 3. The van der Waals surface area contributed by atoms with Crippen LogP contribution >= 0.6 is 0 Å². The smallest absolute Gasteiger partial charge is 0.335 e. The molecule has 2 atom stereocenters. The van der Waals surface area contributed by atoms with Gasteiger partial charge in [0.1, 0.15) is 0 Å². The van der Waals surface area contributed by atoms with E-state index in [-0.39, 0.29) is 5.92 Å². The molecule has 0 saturated heterocycles. The highest BCUT2D eigenvalue weighted by Gasteiger charge is 2.22. The number of aliphatic hydroxyl groups excluding tert-OH is 1. The van der Waals surface area contributed by atoms with E-state index in [0.29, 0.717) is 6.61 Å². The van der Waals surface area contributed by atoms with Crippen molar-refractivity contribution in [2.75, 3.05) is 6.61 Å². The van der Waals surface area contributed by atoms with Gasteiger partial charge in [-0.1, -0.05) is 46.0 Å². The molecule has 0 amide bonds. The lowest BCUT2D eigenvalue weighted by atomic mass is 9.97. The molecule has 0 aromatic heterocycles.